The van der Waals surface area contributed by atoms with Gasteiger partial charge in [-0.3, -0.25) is 0 Å². The van der Waals surface area contributed by atoms with Crippen LogP contribution >= 0.6 is 11.8 Å². The molecule has 1 heterocycles. The molecule has 0 spiro atoms. The first-order valence-corrected chi connectivity index (χ1v) is 8.26. The van der Waals surface area contributed by atoms with Crippen LogP contribution in [-0.4, -0.2) is 11.2 Å². The Balaban J connectivity index is 2.25. The van der Waals surface area contributed by atoms with Crippen molar-refractivity contribution in [3.63, 3.8) is 0 Å². The monoisotopic (exact) mass is 320 g/mol. The highest BCUT2D eigenvalue weighted by molar-refractivity contribution is 7.98. The number of nitrogens with zero attached hydrogens (tertiary/aromatic N) is 2. The van der Waals surface area contributed by atoms with Crippen molar-refractivity contribution in [3.05, 3.63) is 72.0 Å². The lowest BCUT2D eigenvalue weighted by Crippen LogP contribution is -1.95. The fourth-order valence-electron chi connectivity index (χ4n) is 2.39. The molecule has 0 amide bonds. The Bertz CT molecular complexity index is 868. The Labute approximate surface area is 138 Å². The van der Waals surface area contributed by atoms with Gasteiger partial charge in [0.05, 0.1) is 11.3 Å². The molecule has 0 saturated carbocycles. The van der Waals surface area contributed by atoms with Crippen LogP contribution in [0.3, 0.4) is 0 Å². The van der Waals surface area contributed by atoms with E-state index in [1.54, 1.807) is 12.1 Å². The third kappa shape index (κ3) is 3.10. The minimum atomic E-state index is -0.297. The fourth-order valence-corrected chi connectivity index (χ4v) is 2.94. The molecule has 23 heavy (non-hydrogen) atoms. The molecule has 112 valence electrons. The Morgan fingerprint density at radius 3 is 2.30 bits per heavy atom. The van der Waals surface area contributed by atoms with E-state index in [2.05, 4.69) is 11.1 Å². The van der Waals surface area contributed by atoms with Crippen molar-refractivity contribution in [2.24, 2.45) is 0 Å². The third-order valence-electron chi connectivity index (χ3n) is 3.52. The van der Waals surface area contributed by atoms with Crippen LogP contribution in [0.15, 0.2) is 65.7 Å². The summed E-state index contributed by atoms with van der Waals surface area (Å²) in [5, 5.41) is 10.2. The molecule has 0 aliphatic rings. The van der Waals surface area contributed by atoms with Crippen molar-refractivity contribution in [2.45, 2.75) is 5.03 Å². The number of aromatic nitrogens is 1. The summed E-state index contributed by atoms with van der Waals surface area (Å²) in [4.78, 5) is 4.60. The van der Waals surface area contributed by atoms with Crippen molar-refractivity contribution >= 4 is 11.8 Å². The predicted octanol–water partition coefficient (Wildman–Crippen LogP) is 5.15. The first kappa shape index (κ1) is 15.3. The molecular weight excluding hydrogens is 307 g/mol. The summed E-state index contributed by atoms with van der Waals surface area (Å²) in [7, 11) is 0. The highest BCUT2D eigenvalue weighted by Crippen LogP contribution is 2.33. The molecule has 0 atom stereocenters. The zero-order chi connectivity index (χ0) is 16.2. The zero-order valence-corrected chi connectivity index (χ0v) is 13.3. The second-order valence-corrected chi connectivity index (χ2v) is 5.72. The summed E-state index contributed by atoms with van der Waals surface area (Å²) < 4.78 is 13.2. The Morgan fingerprint density at radius 2 is 1.70 bits per heavy atom. The summed E-state index contributed by atoms with van der Waals surface area (Å²) in [5.74, 6) is -0.297. The van der Waals surface area contributed by atoms with Crippen LogP contribution in [-0.2, 0) is 0 Å². The first-order chi connectivity index (χ1) is 11.2. The highest BCUT2D eigenvalue weighted by Gasteiger charge is 2.14. The predicted molar refractivity (Wildman–Crippen MR) is 91.6 cm³/mol. The number of halogens is 1. The molecule has 0 radical (unpaired) electrons. The number of pyridine rings is 1. The minimum absolute atomic E-state index is 0.297. The molecule has 0 bridgehead atoms. The molecule has 0 fully saturated rings. The maximum absolute atomic E-state index is 13.2. The minimum Gasteiger partial charge on any atom is -0.240 e. The lowest BCUT2D eigenvalue weighted by atomic mass is 9.99. The van der Waals surface area contributed by atoms with Crippen LogP contribution in [0.1, 0.15) is 5.56 Å². The van der Waals surface area contributed by atoms with Gasteiger partial charge in [0, 0.05) is 11.1 Å². The van der Waals surface area contributed by atoms with E-state index < -0.39 is 0 Å². The van der Waals surface area contributed by atoms with Crippen molar-refractivity contribution < 1.29 is 4.39 Å². The molecule has 0 N–H and O–H groups in total. The summed E-state index contributed by atoms with van der Waals surface area (Å²) >= 11 is 1.43. The van der Waals surface area contributed by atoms with E-state index in [4.69, 9.17) is 0 Å². The van der Waals surface area contributed by atoms with E-state index in [9.17, 15) is 9.65 Å². The summed E-state index contributed by atoms with van der Waals surface area (Å²) in [6.07, 6.45) is 1.90. The van der Waals surface area contributed by atoms with Crippen molar-refractivity contribution in [1.82, 2.24) is 4.98 Å². The molecule has 2 aromatic carbocycles. The van der Waals surface area contributed by atoms with Gasteiger partial charge >= 0.3 is 0 Å². The standard InChI is InChI=1S/C19H13FN2S/c1-23-19-17(12-21)16(13-7-9-15(20)10-8-13)11-18(22-19)14-5-3-2-4-6-14/h2-11H,1H3. The van der Waals surface area contributed by atoms with Gasteiger partial charge in [-0.2, -0.15) is 5.26 Å². The molecule has 1 aromatic heterocycles. The van der Waals surface area contributed by atoms with E-state index in [0.717, 1.165) is 22.4 Å². The SMILES string of the molecule is CSc1nc(-c2ccccc2)cc(-c2ccc(F)cc2)c1C#N. The van der Waals surface area contributed by atoms with Gasteiger partial charge in [0.1, 0.15) is 16.9 Å². The van der Waals surface area contributed by atoms with Gasteiger partial charge in [0.2, 0.25) is 0 Å². The number of hydrogen-bond acceptors (Lipinski definition) is 3. The topological polar surface area (TPSA) is 36.7 Å². The lowest BCUT2D eigenvalue weighted by Gasteiger charge is -2.11. The van der Waals surface area contributed by atoms with Gasteiger partial charge in [-0.05, 0) is 30.0 Å². The summed E-state index contributed by atoms with van der Waals surface area (Å²) in [6.45, 7) is 0. The van der Waals surface area contributed by atoms with Gasteiger partial charge in [-0.15, -0.1) is 11.8 Å². The molecule has 0 saturated heterocycles. The average Bonchev–Trinajstić information content (AvgIpc) is 2.62. The highest BCUT2D eigenvalue weighted by atomic mass is 32.2. The Morgan fingerprint density at radius 1 is 1.00 bits per heavy atom. The molecule has 0 aliphatic heterocycles. The van der Waals surface area contributed by atoms with E-state index in [-0.39, 0.29) is 5.82 Å². The molecule has 3 aromatic rings. The molecule has 3 rings (SSSR count). The quantitative estimate of drug-likeness (QED) is 0.626. The van der Waals surface area contributed by atoms with E-state index in [1.165, 1.54) is 23.9 Å². The van der Waals surface area contributed by atoms with Gasteiger partial charge in [0.25, 0.3) is 0 Å². The van der Waals surface area contributed by atoms with Crippen LogP contribution in [0.2, 0.25) is 0 Å². The first-order valence-electron chi connectivity index (χ1n) is 7.03. The number of benzene rings is 2. The van der Waals surface area contributed by atoms with Crippen molar-refractivity contribution in [2.75, 3.05) is 6.26 Å². The summed E-state index contributed by atoms with van der Waals surface area (Å²) in [6, 6.07) is 20.1. The van der Waals surface area contributed by atoms with Crippen LogP contribution in [0.5, 0.6) is 0 Å². The average molecular weight is 320 g/mol. The summed E-state index contributed by atoms with van der Waals surface area (Å²) in [5.41, 5.74) is 3.87. The smallest absolute Gasteiger partial charge is 0.123 e. The van der Waals surface area contributed by atoms with E-state index >= 15 is 0 Å². The number of hydrogen-bond donors (Lipinski definition) is 0. The van der Waals surface area contributed by atoms with Crippen LogP contribution in [0.4, 0.5) is 4.39 Å². The zero-order valence-electron chi connectivity index (χ0n) is 12.5. The number of nitriles is 1. The van der Waals surface area contributed by atoms with Gasteiger partial charge in [-0.1, -0.05) is 42.5 Å². The number of thioether (sulfide) groups is 1. The van der Waals surface area contributed by atoms with E-state index in [1.807, 2.05) is 42.7 Å². The van der Waals surface area contributed by atoms with Gasteiger partial charge in [0.15, 0.2) is 0 Å². The van der Waals surface area contributed by atoms with E-state index in [0.29, 0.717) is 10.6 Å². The second kappa shape index (κ2) is 6.64. The molecule has 0 unspecified atom stereocenters. The number of rotatable bonds is 3. The van der Waals surface area contributed by atoms with Crippen LogP contribution in [0.25, 0.3) is 22.4 Å². The van der Waals surface area contributed by atoms with Crippen molar-refractivity contribution in [1.29, 1.82) is 5.26 Å². The lowest BCUT2D eigenvalue weighted by molar-refractivity contribution is 0.628. The Hall–Kier alpha value is -2.64. The molecule has 4 heteroatoms. The molecular formula is C19H13FN2S. The fraction of sp³-hybridized carbons (Fsp3) is 0.0526. The van der Waals surface area contributed by atoms with Gasteiger partial charge < -0.3 is 0 Å². The second-order valence-electron chi connectivity index (χ2n) is 4.92. The third-order valence-corrected chi connectivity index (χ3v) is 4.20. The van der Waals surface area contributed by atoms with Crippen LogP contribution in [0, 0.1) is 17.1 Å². The van der Waals surface area contributed by atoms with Gasteiger partial charge in [-0.25, -0.2) is 9.37 Å². The maximum Gasteiger partial charge on any atom is 0.123 e. The van der Waals surface area contributed by atoms with Crippen molar-refractivity contribution in [3.8, 4) is 28.5 Å². The molecule has 0 aliphatic carbocycles. The normalized spacial score (nSPS) is 10.3. The molecule has 2 nitrogen and oxygen atoms in total. The Kier molecular flexibility index (Phi) is 4.40. The largest absolute Gasteiger partial charge is 0.240 e. The van der Waals surface area contributed by atoms with Crippen LogP contribution < -0.4 is 0 Å². The maximum atomic E-state index is 13.2.